The Morgan fingerprint density at radius 1 is 1.41 bits per heavy atom. The maximum absolute atomic E-state index is 12.0. The molecule has 1 aromatic rings. The number of carbonyl (C=O) groups is 1. The van der Waals surface area contributed by atoms with E-state index in [0.29, 0.717) is 18.0 Å². The van der Waals surface area contributed by atoms with E-state index < -0.39 is 5.54 Å². The highest BCUT2D eigenvalue weighted by atomic mass is 35.5. The molecule has 0 atom stereocenters. The van der Waals surface area contributed by atoms with Crippen LogP contribution in [0.4, 0.5) is 5.95 Å². The number of rotatable bonds is 2. The van der Waals surface area contributed by atoms with Crippen LogP contribution in [0.3, 0.4) is 0 Å². The highest BCUT2D eigenvalue weighted by Gasteiger charge is 2.35. The van der Waals surface area contributed by atoms with E-state index in [1.807, 2.05) is 0 Å². The highest BCUT2D eigenvalue weighted by molar-refractivity contribution is 6.29. The predicted octanol–water partition coefficient (Wildman–Crippen LogP) is 1.73. The number of nitrogens with two attached hydrogens (primary N) is 1. The standard InChI is InChI=1S/C11H15ClN4O/c12-8-4-7-14-10(15-8)16-9(17)11(13)5-2-1-3-6-11/h4,7H,1-3,5-6,13H2,(H,14,15,16,17). The van der Waals surface area contributed by atoms with Crippen molar-refractivity contribution in [1.29, 1.82) is 0 Å². The van der Waals surface area contributed by atoms with Crippen LogP contribution in [-0.4, -0.2) is 21.4 Å². The van der Waals surface area contributed by atoms with Gasteiger partial charge in [-0.3, -0.25) is 10.1 Å². The molecule has 0 radical (unpaired) electrons. The first kappa shape index (κ1) is 12.3. The number of nitrogens with one attached hydrogen (secondary N) is 1. The Labute approximate surface area is 105 Å². The number of halogens is 1. The molecule has 0 aromatic carbocycles. The lowest BCUT2D eigenvalue weighted by Crippen LogP contribution is -2.52. The maximum atomic E-state index is 12.0. The maximum Gasteiger partial charge on any atom is 0.246 e. The summed E-state index contributed by atoms with van der Waals surface area (Å²) >= 11 is 5.72. The predicted molar refractivity (Wildman–Crippen MR) is 65.7 cm³/mol. The van der Waals surface area contributed by atoms with Gasteiger partial charge in [-0.1, -0.05) is 30.9 Å². The average Bonchev–Trinajstić information content (AvgIpc) is 2.30. The van der Waals surface area contributed by atoms with E-state index in [1.54, 1.807) is 6.07 Å². The molecule has 6 heteroatoms. The van der Waals surface area contributed by atoms with E-state index in [1.165, 1.54) is 6.20 Å². The van der Waals surface area contributed by atoms with Gasteiger partial charge in [0, 0.05) is 6.20 Å². The van der Waals surface area contributed by atoms with Crippen LogP contribution in [0, 0.1) is 0 Å². The zero-order valence-corrected chi connectivity index (χ0v) is 10.2. The third-order valence-corrected chi connectivity index (χ3v) is 3.26. The fourth-order valence-corrected chi connectivity index (χ4v) is 2.17. The number of hydrogen-bond acceptors (Lipinski definition) is 4. The van der Waals surface area contributed by atoms with E-state index in [4.69, 9.17) is 17.3 Å². The van der Waals surface area contributed by atoms with E-state index in [9.17, 15) is 4.79 Å². The first-order valence-corrected chi connectivity index (χ1v) is 6.07. The molecule has 1 saturated carbocycles. The van der Waals surface area contributed by atoms with Crippen molar-refractivity contribution >= 4 is 23.5 Å². The third-order valence-electron chi connectivity index (χ3n) is 3.04. The van der Waals surface area contributed by atoms with Crippen LogP contribution in [0.1, 0.15) is 32.1 Å². The van der Waals surface area contributed by atoms with Crippen molar-refractivity contribution in [2.75, 3.05) is 5.32 Å². The van der Waals surface area contributed by atoms with E-state index in [2.05, 4.69) is 15.3 Å². The van der Waals surface area contributed by atoms with Gasteiger partial charge in [0.15, 0.2) is 0 Å². The first-order chi connectivity index (χ1) is 8.10. The van der Waals surface area contributed by atoms with Gasteiger partial charge in [0.2, 0.25) is 11.9 Å². The summed E-state index contributed by atoms with van der Waals surface area (Å²) in [5.74, 6) is -0.0163. The lowest BCUT2D eigenvalue weighted by molar-refractivity contribution is -0.122. The number of carbonyl (C=O) groups excluding carboxylic acids is 1. The number of aromatic nitrogens is 2. The quantitative estimate of drug-likeness (QED) is 0.788. The monoisotopic (exact) mass is 254 g/mol. The molecule has 3 N–H and O–H groups in total. The molecule has 1 aromatic heterocycles. The molecule has 0 unspecified atom stereocenters. The van der Waals surface area contributed by atoms with Gasteiger partial charge in [-0.2, -0.15) is 0 Å². The summed E-state index contributed by atoms with van der Waals surface area (Å²) in [6.45, 7) is 0. The van der Waals surface area contributed by atoms with Crippen LogP contribution in [0.2, 0.25) is 5.15 Å². The molecule has 0 bridgehead atoms. The minimum Gasteiger partial charge on any atom is -0.317 e. The van der Waals surface area contributed by atoms with Gasteiger partial charge in [-0.05, 0) is 18.9 Å². The van der Waals surface area contributed by atoms with Crippen LogP contribution in [0.5, 0.6) is 0 Å². The molecule has 17 heavy (non-hydrogen) atoms. The Bertz CT molecular complexity index is 418. The van der Waals surface area contributed by atoms with Crippen molar-refractivity contribution < 1.29 is 4.79 Å². The average molecular weight is 255 g/mol. The smallest absolute Gasteiger partial charge is 0.246 e. The van der Waals surface area contributed by atoms with Gasteiger partial charge in [0.1, 0.15) is 5.15 Å². The molecule has 1 amide bonds. The minimum atomic E-state index is -0.788. The molecular weight excluding hydrogens is 240 g/mol. The van der Waals surface area contributed by atoms with E-state index in [0.717, 1.165) is 19.3 Å². The minimum absolute atomic E-state index is 0.206. The second-order valence-corrected chi connectivity index (χ2v) is 4.76. The molecule has 5 nitrogen and oxygen atoms in total. The Morgan fingerprint density at radius 2 is 2.12 bits per heavy atom. The van der Waals surface area contributed by atoms with Crippen LogP contribution >= 0.6 is 11.6 Å². The number of nitrogens with zero attached hydrogens (tertiary/aromatic N) is 2. The second kappa shape index (κ2) is 4.98. The summed E-state index contributed by atoms with van der Waals surface area (Å²) in [5, 5.41) is 2.92. The molecule has 0 saturated heterocycles. The van der Waals surface area contributed by atoms with Crippen molar-refractivity contribution in [2.24, 2.45) is 5.73 Å². The topological polar surface area (TPSA) is 80.9 Å². The molecule has 1 aliphatic carbocycles. The summed E-state index contributed by atoms with van der Waals surface area (Å²) in [6.07, 6.45) is 6.02. The van der Waals surface area contributed by atoms with Crippen LogP contribution in [0.15, 0.2) is 12.3 Å². The molecule has 1 heterocycles. The fourth-order valence-electron chi connectivity index (χ4n) is 2.03. The van der Waals surface area contributed by atoms with Crippen molar-refractivity contribution in [3.63, 3.8) is 0 Å². The van der Waals surface area contributed by atoms with Gasteiger partial charge in [0.25, 0.3) is 0 Å². The number of hydrogen-bond donors (Lipinski definition) is 2. The molecule has 92 valence electrons. The molecule has 1 fully saturated rings. The fraction of sp³-hybridized carbons (Fsp3) is 0.545. The van der Waals surface area contributed by atoms with Crippen LogP contribution < -0.4 is 11.1 Å². The lowest BCUT2D eigenvalue weighted by atomic mass is 9.82. The summed E-state index contributed by atoms with van der Waals surface area (Å²) in [7, 11) is 0. The van der Waals surface area contributed by atoms with E-state index in [-0.39, 0.29) is 11.9 Å². The Kier molecular flexibility index (Phi) is 3.59. The van der Waals surface area contributed by atoms with E-state index >= 15 is 0 Å². The molecular formula is C11H15ClN4O. The van der Waals surface area contributed by atoms with Gasteiger partial charge < -0.3 is 5.73 Å². The third kappa shape index (κ3) is 2.92. The molecule has 1 aliphatic rings. The summed E-state index contributed by atoms with van der Waals surface area (Å²) < 4.78 is 0. The second-order valence-electron chi connectivity index (χ2n) is 4.37. The SMILES string of the molecule is NC1(C(=O)Nc2nccc(Cl)n2)CCCCC1. The first-order valence-electron chi connectivity index (χ1n) is 5.69. The Balaban J connectivity index is 2.05. The number of anilines is 1. The molecule has 0 aliphatic heterocycles. The lowest BCUT2D eigenvalue weighted by Gasteiger charge is -2.31. The van der Waals surface area contributed by atoms with Crippen LogP contribution in [0.25, 0.3) is 0 Å². The van der Waals surface area contributed by atoms with Crippen LogP contribution in [-0.2, 0) is 4.79 Å². The number of amides is 1. The van der Waals surface area contributed by atoms with Crippen molar-refractivity contribution in [3.05, 3.63) is 17.4 Å². The zero-order valence-electron chi connectivity index (χ0n) is 9.45. The largest absolute Gasteiger partial charge is 0.317 e. The Morgan fingerprint density at radius 3 is 2.76 bits per heavy atom. The van der Waals surface area contributed by atoms with Gasteiger partial charge in [-0.15, -0.1) is 0 Å². The summed E-state index contributed by atoms with van der Waals surface area (Å²) in [4.78, 5) is 19.9. The molecule has 2 rings (SSSR count). The van der Waals surface area contributed by atoms with Gasteiger partial charge in [-0.25, -0.2) is 9.97 Å². The van der Waals surface area contributed by atoms with Crippen molar-refractivity contribution in [2.45, 2.75) is 37.6 Å². The zero-order chi connectivity index (χ0) is 12.3. The molecule has 0 spiro atoms. The normalized spacial score (nSPS) is 18.7. The summed E-state index contributed by atoms with van der Waals surface area (Å²) in [5.41, 5.74) is 5.30. The Hall–Kier alpha value is -1.20. The summed E-state index contributed by atoms with van der Waals surface area (Å²) in [6, 6.07) is 1.55. The van der Waals surface area contributed by atoms with Gasteiger partial charge >= 0.3 is 0 Å². The van der Waals surface area contributed by atoms with Gasteiger partial charge in [0.05, 0.1) is 5.54 Å². The highest BCUT2D eigenvalue weighted by Crippen LogP contribution is 2.26. The van der Waals surface area contributed by atoms with Crippen molar-refractivity contribution in [3.8, 4) is 0 Å². The van der Waals surface area contributed by atoms with Crippen molar-refractivity contribution in [1.82, 2.24) is 9.97 Å².